The number of aromatic nitrogens is 1. The molecule has 0 radical (unpaired) electrons. The van der Waals surface area contributed by atoms with Crippen molar-refractivity contribution in [2.24, 2.45) is 0 Å². The summed E-state index contributed by atoms with van der Waals surface area (Å²) in [4.78, 5) is 12.1. The Morgan fingerprint density at radius 2 is 1.82 bits per heavy atom. The summed E-state index contributed by atoms with van der Waals surface area (Å²) in [7, 11) is 0. The van der Waals surface area contributed by atoms with E-state index in [0.29, 0.717) is 32.8 Å². The van der Waals surface area contributed by atoms with Crippen molar-refractivity contribution in [3.05, 3.63) is 34.0 Å². The number of halogens is 2. The molecule has 2 rings (SSSR count). The molecule has 7 heteroatoms. The van der Waals surface area contributed by atoms with Crippen LogP contribution in [0.15, 0.2) is 22.7 Å². The van der Waals surface area contributed by atoms with Crippen molar-refractivity contribution in [3.8, 4) is 11.3 Å². The normalized spacial score (nSPS) is 11.4. The largest absolute Gasteiger partial charge is 0.359 e. The van der Waals surface area contributed by atoms with Gasteiger partial charge >= 0.3 is 6.03 Å². The minimum absolute atomic E-state index is 0.358. The second-order valence-electron chi connectivity index (χ2n) is 5.89. The van der Waals surface area contributed by atoms with Gasteiger partial charge in [0.25, 0.3) is 0 Å². The van der Waals surface area contributed by atoms with E-state index in [4.69, 9.17) is 27.7 Å². The van der Waals surface area contributed by atoms with Gasteiger partial charge in [-0.3, -0.25) is 0 Å². The maximum Gasteiger partial charge on any atom is 0.319 e. The molecule has 5 nitrogen and oxygen atoms in total. The second kappa shape index (κ2) is 6.18. The van der Waals surface area contributed by atoms with Crippen molar-refractivity contribution in [2.45, 2.75) is 33.2 Å². The third-order valence-electron chi connectivity index (χ3n) is 2.79. The molecular weight excluding hydrogens is 325 g/mol. The number of hydrogen-bond donors (Lipinski definition) is 2. The van der Waals surface area contributed by atoms with Crippen LogP contribution in [0.3, 0.4) is 0 Å². The number of hydrogen-bond acceptors (Lipinski definition) is 3. The number of rotatable bonds is 2. The highest BCUT2D eigenvalue weighted by atomic mass is 35.5. The van der Waals surface area contributed by atoms with E-state index in [-0.39, 0.29) is 11.6 Å². The predicted molar refractivity (Wildman–Crippen MR) is 88.6 cm³/mol. The molecule has 1 aromatic carbocycles. The molecule has 1 aromatic heterocycles. The molecule has 0 saturated heterocycles. The van der Waals surface area contributed by atoms with Gasteiger partial charge in [-0.2, -0.15) is 0 Å². The summed E-state index contributed by atoms with van der Waals surface area (Å²) in [5.41, 5.74) is 1.000. The Morgan fingerprint density at radius 3 is 2.36 bits per heavy atom. The number of carbonyl (C=O) groups is 1. The smallest absolute Gasteiger partial charge is 0.319 e. The van der Waals surface area contributed by atoms with Crippen LogP contribution in [-0.2, 0) is 0 Å². The van der Waals surface area contributed by atoms with Crippen molar-refractivity contribution in [2.75, 3.05) is 5.32 Å². The molecule has 0 bridgehead atoms. The van der Waals surface area contributed by atoms with Gasteiger partial charge in [0.2, 0.25) is 0 Å². The first-order valence-electron chi connectivity index (χ1n) is 6.69. The average Bonchev–Trinajstić information content (AvgIpc) is 2.69. The number of nitrogens with zero attached hydrogens (tertiary/aromatic N) is 1. The fourth-order valence-electron chi connectivity index (χ4n) is 1.90. The number of urea groups is 1. The summed E-state index contributed by atoms with van der Waals surface area (Å²) >= 11 is 12.4. The van der Waals surface area contributed by atoms with Crippen molar-refractivity contribution < 1.29 is 9.32 Å². The highest BCUT2D eigenvalue weighted by Crippen LogP contribution is 2.39. The third-order valence-corrected chi connectivity index (χ3v) is 3.42. The lowest BCUT2D eigenvalue weighted by Crippen LogP contribution is -2.43. The van der Waals surface area contributed by atoms with Crippen molar-refractivity contribution in [1.82, 2.24) is 10.5 Å². The van der Waals surface area contributed by atoms with Crippen LogP contribution in [0.25, 0.3) is 11.3 Å². The zero-order chi connectivity index (χ0) is 16.5. The minimum Gasteiger partial charge on any atom is -0.359 e. The van der Waals surface area contributed by atoms with Crippen LogP contribution in [0.2, 0.25) is 10.0 Å². The van der Waals surface area contributed by atoms with E-state index in [1.165, 1.54) is 0 Å². The van der Waals surface area contributed by atoms with Gasteiger partial charge in [-0.05, 0) is 39.8 Å². The Hall–Kier alpha value is -1.72. The maximum absolute atomic E-state index is 12.1. The first kappa shape index (κ1) is 16.6. The van der Waals surface area contributed by atoms with Crippen molar-refractivity contribution in [1.29, 1.82) is 0 Å². The molecule has 0 fully saturated rings. The van der Waals surface area contributed by atoms with Crippen LogP contribution >= 0.6 is 23.2 Å². The highest BCUT2D eigenvalue weighted by molar-refractivity contribution is 6.39. The molecule has 0 spiro atoms. The van der Waals surface area contributed by atoms with Gasteiger partial charge < -0.3 is 15.2 Å². The van der Waals surface area contributed by atoms with Crippen molar-refractivity contribution >= 4 is 34.9 Å². The van der Waals surface area contributed by atoms with E-state index < -0.39 is 0 Å². The van der Waals surface area contributed by atoms with Gasteiger partial charge in [0.05, 0.1) is 10.0 Å². The van der Waals surface area contributed by atoms with Crippen LogP contribution in [0.5, 0.6) is 0 Å². The second-order valence-corrected chi connectivity index (χ2v) is 6.70. The lowest BCUT2D eigenvalue weighted by molar-refractivity contribution is 0.243. The molecule has 0 aliphatic rings. The molecule has 0 saturated carbocycles. The monoisotopic (exact) mass is 341 g/mol. The molecular formula is C15H17Cl2N3O2. The highest BCUT2D eigenvalue weighted by Gasteiger charge is 2.22. The van der Waals surface area contributed by atoms with Gasteiger partial charge in [-0.1, -0.05) is 34.4 Å². The van der Waals surface area contributed by atoms with Crippen LogP contribution in [0.4, 0.5) is 10.5 Å². The number of amides is 2. The lowest BCUT2D eigenvalue weighted by atomic mass is 10.1. The van der Waals surface area contributed by atoms with E-state index in [1.807, 2.05) is 20.8 Å². The van der Waals surface area contributed by atoms with E-state index in [0.717, 1.165) is 0 Å². The number of benzene rings is 1. The Kier molecular flexibility index (Phi) is 4.68. The summed E-state index contributed by atoms with van der Waals surface area (Å²) in [6.07, 6.45) is 0. The summed E-state index contributed by atoms with van der Waals surface area (Å²) in [6, 6.07) is 4.78. The lowest BCUT2D eigenvalue weighted by Gasteiger charge is -2.20. The molecule has 0 unspecified atom stereocenters. The van der Waals surface area contributed by atoms with Crippen molar-refractivity contribution in [3.63, 3.8) is 0 Å². The van der Waals surface area contributed by atoms with Gasteiger partial charge in [-0.25, -0.2) is 4.79 Å². The predicted octanol–water partition coefficient (Wildman–Crippen LogP) is 4.88. The molecule has 2 aromatic rings. The Morgan fingerprint density at radius 1 is 1.23 bits per heavy atom. The topological polar surface area (TPSA) is 67.2 Å². The van der Waals surface area contributed by atoms with Crippen LogP contribution in [-0.4, -0.2) is 16.7 Å². The molecule has 2 N–H and O–H groups in total. The fourth-order valence-corrected chi connectivity index (χ4v) is 2.48. The first-order chi connectivity index (χ1) is 10.2. The van der Waals surface area contributed by atoms with Crippen LogP contribution in [0.1, 0.15) is 26.5 Å². The quantitative estimate of drug-likeness (QED) is 0.818. The molecule has 1 heterocycles. The molecule has 0 atom stereocenters. The third kappa shape index (κ3) is 3.72. The van der Waals surface area contributed by atoms with Gasteiger partial charge in [-0.15, -0.1) is 0 Å². The van der Waals surface area contributed by atoms with E-state index in [2.05, 4.69) is 15.8 Å². The van der Waals surface area contributed by atoms with Gasteiger partial charge in [0, 0.05) is 11.1 Å². The van der Waals surface area contributed by atoms with E-state index in [1.54, 1.807) is 25.1 Å². The molecule has 2 amide bonds. The van der Waals surface area contributed by atoms with Gasteiger partial charge in [0.15, 0.2) is 5.76 Å². The van der Waals surface area contributed by atoms with Crippen LogP contribution < -0.4 is 10.6 Å². The van der Waals surface area contributed by atoms with Crippen LogP contribution in [0, 0.1) is 6.92 Å². The zero-order valence-corrected chi connectivity index (χ0v) is 14.3. The zero-order valence-electron chi connectivity index (χ0n) is 12.8. The SMILES string of the molecule is Cc1onc(-c2c(Cl)cccc2Cl)c1NC(=O)NC(C)(C)C. The average molecular weight is 342 g/mol. The number of aryl methyl sites for hydroxylation is 1. The van der Waals surface area contributed by atoms with E-state index in [9.17, 15) is 4.79 Å². The number of nitrogens with one attached hydrogen (secondary N) is 2. The summed E-state index contributed by atoms with van der Waals surface area (Å²) in [6.45, 7) is 7.37. The summed E-state index contributed by atoms with van der Waals surface area (Å²) in [5, 5.41) is 10.4. The minimum atomic E-state index is -0.364. The Labute approximate surface area is 139 Å². The number of carbonyl (C=O) groups excluding carboxylic acids is 1. The summed E-state index contributed by atoms with van der Waals surface area (Å²) in [5.74, 6) is 0.468. The molecule has 118 valence electrons. The standard InChI is InChI=1S/C15H17Cl2N3O2/c1-8-12(18-14(21)19-15(2,3)4)13(20-22-8)11-9(16)6-5-7-10(11)17/h5-7H,1-4H3,(H2,18,19,21). The fraction of sp³-hybridized carbons (Fsp3) is 0.333. The maximum atomic E-state index is 12.1. The molecule has 0 aliphatic carbocycles. The summed E-state index contributed by atoms with van der Waals surface area (Å²) < 4.78 is 5.18. The Balaban J connectivity index is 2.39. The molecule has 22 heavy (non-hydrogen) atoms. The van der Waals surface area contributed by atoms with E-state index >= 15 is 0 Å². The van der Waals surface area contributed by atoms with Gasteiger partial charge in [0.1, 0.15) is 11.4 Å². The molecule has 0 aliphatic heterocycles. The first-order valence-corrected chi connectivity index (χ1v) is 7.44. The Bertz CT molecular complexity index is 685. The number of anilines is 1.